The monoisotopic (exact) mass is 756 g/mol. The molecule has 0 saturated heterocycles. The Hall–Kier alpha value is -6.37. The summed E-state index contributed by atoms with van der Waals surface area (Å²) in [4.78, 5) is 46.1. The Bertz CT molecular complexity index is 2260. The average molecular weight is 757 g/mol. The molecule has 0 spiro atoms. The molecule has 5 aromatic carbocycles. The van der Waals surface area contributed by atoms with E-state index >= 15 is 0 Å². The summed E-state index contributed by atoms with van der Waals surface area (Å²) in [7, 11) is 4.67. The normalized spacial score (nSPS) is 11.6. The first-order chi connectivity index (χ1) is 26.3. The minimum Gasteiger partial charge on any atom is -0.497 e. The lowest BCUT2D eigenvalue weighted by Crippen LogP contribution is -2.30. The molecule has 272 valence electrons. The Morgan fingerprint density at radius 2 is 1.44 bits per heavy atom. The van der Waals surface area contributed by atoms with Crippen molar-refractivity contribution < 1.29 is 28.6 Å². The maximum atomic E-state index is 13.8. The summed E-state index contributed by atoms with van der Waals surface area (Å²) in [5, 5.41) is 10.4. The third kappa shape index (κ3) is 9.54. The fourth-order valence-electron chi connectivity index (χ4n) is 5.32. The molecule has 54 heavy (non-hydrogen) atoms. The molecule has 0 fully saturated rings. The van der Waals surface area contributed by atoms with Gasteiger partial charge >= 0.3 is 0 Å². The maximum absolute atomic E-state index is 13.8. The number of thiazole rings is 1. The molecule has 1 aromatic heterocycles. The minimum absolute atomic E-state index is 0.00795. The van der Waals surface area contributed by atoms with Crippen molar-refractivity contribution in [2.24, 2.45) is 0 Å². The van der Waals surface area contributed by atoms with Gasteiger partial charge in [0.1, 0.15) is 28.2 Å². The van der Waals surface area contributed by atoms with E-state index in [-0.39, 0.29) is 11.6 Å². The molecule has 3 amide bonds. The van der Waals surface area contributed by atoms with Gasteiger partial charge in [-0.1, -0.05) is 60.7 Å². The van der Waals surface area contributed by atoms with Crippen molar-refractivity contribution in [2.75, 3.05) is 32.0 Å². The number of amides is 3. The Balaban J connectivity index is 1.19. The highest BCUT2D eigenvalue weighted by molar-refractivity contribution is 8.00. The van der Waals surface area contributed by atoms with Crippen molar-refractivity contribution in [3.05, 3.63) is 155 Å². The van der Waals surface area contributed by atoms with Crippen molar-refractivity contribution in [2.45, 2.75) is 10.1 Å². The molecular formula is C42H36N4O6S2. The highest BCUT2D eigenvalue weighted by atomic mass is 32.2. The lowest BCUT2D eigenvalue weighted by molar-refractivity contribution is -0.116. The molecule has 3 N–H and O–H groups in total. The van der Waals surface area contributed by atoms with Crippen LogP contribution in [0.15, 0.2) is 143 Å². The Kier molecular flexibility index (Phi) is 12.4. The summed E-state index contributed by atoms with van der Waals surface area (Å²) in [5.41, 5.74) is 3.83. The molecule has 10 nitrogen and oxygen atoms in total. The first-order valence-corrected chi connectivity index (χ1v) is 18.4. The van der Waals surface area contributed by atoms with Crippen LogP contribution in [-0.2, 0) is 9.59 Å². The van der Waals surface area contributed by atoms with Crippen LogP contribution < -0.4 is 30.2 Å². The minimum atomic E-state index is -0.601. The third-order valence-corrected chi connectivity index (χ3v) is 10.1. The molecule has 0 aliphatic heterocycles. The third-order valence-electron chi connectivity index (χ3n) is 8.07. The summed E-state index contributed by atoms with van der Waals surface area (Å²) in [6, 6.07) is 38.0. The van der Waals surface area contributed by atoms with E-state index in [9.17, 15) is 14.4 Å². The molecular weight excluding hydrogens is 721 g/mol. The van der Waals surface area contributed by atoms with E-state index in [1.165, 1.54) is 43.4 Å². The number of hydrogen-bond donors (Lipinski definition) is 3. The van der Waals surface area contributed by atoms with Crippen LogP contribution in [0.5, 0.6) is 17.2 Å². The van der Waals surface area contributed by atoms with Crippen LogP contribution in [0.3, 0.4) is 0 Å². The van der Waals surface area contributed by atoms with Crippen molar-refractivity contribution in [3.63, 3.8) is 0 Å². The topological polar surface area (TPSA) is 128 Å². The molecule has 12 heteroatoms. The molecule has 1 atom stereocenters. The van der Waals surface area contributed by atoms with Crippen molar-refractivity contribution in [1.82, 2.24) is 10.3 Å². The van der Waals surface area contributed by atoms with Crippen LogP contribution in [0.2, 0.25) is 0 Å². The second-order valence-corrected chi connectivity index (χ2v) is 13.7. The highest BCUT2D eigenvalue weighted by Crippen LogP contribution is 2.37. The summed E-state index contributed by atoms with van der Waals surface area (Å²) < 4.78 is 16.2. The van der Waals surface area contributed by atoms with Gasteiger partial charge in [0.2, 0.25) is 5.91 Å². The zero-order chi connectivity index (χ0) is 37.9. The first kappa shape index (κ1) is 37.4. The molecule has 0 radical (unpaired) electrons. The summed E-state index contributed by atoms with van der Waals surface area (Å²) in [6.45, 7) is 0. The van der Waals surface area contributed by atoms with E-state index in [2.05, 4.69) is 20.9 Å². The molecule has 0 aliphatic carbocycles. The Morgan fingerprint density at radius 1 is 0.741 bits per heavy atom. The van der Waals surface area contributed by atoms with Crippen LogP contribution in [0.1, 0.15) is 26.7 Å². The molecule has 0 saturated carbocycles. The number of rotatable bonds is 14. The van der Waals surface area contributed by atoms with Crippen molar-refractivity contribution >= 4 is 57.7 Å². The molecule has 0 aliphatic rings. The van der Waals surface area contributed by atoms with Gasteiger partial charge in [0.05, 0.1) is 27.0 Å². The SMILES string of the molecule is COc1cccc(-c2csc(NC(=O)C(Sc3ccc(NC(=O)/C(=C/c4cc(OC)ccc4OC)NC(=O)c4ccccc4)cc3)c3ccccc3)n2)c1. The number of aromatic nitrogens is 1. The molecule has 1 unspecified atom stereocenters. The summed E-state index contributed by atoms with van der Waals surface area (Å²) in [5.74, 6) is 0.523. The largest absolute Gasteiger partial charge is 0.497 e. The van der Waals surface area contributed by atoms with Gasteiger partial charge in [-0.15, -0.1) is 23.1 Å². The van der Waals surface area contributed by atoms with Gasteiger partial charge in [0.15, 0.2) is 5.13 Å². The smallest absolute Gasteiger partial charge is 0.272 e. The Morgan fingerprint density at radius 3 is 2.15 bits per heavy atom. The van der Waals surface area contributed by atoms with E-state index in [1.807, 2.05) is 72.1 Å². The number of anilines is 2. The number of nitrogens with zero attached hydrogens (tertiary/aromatic N) is 1. The summed E-state index contributed by atoms with van der Waals surface area (Å²) >= 11 is 2.71. The van der Waals surface area contributed by atoms with Crippen molar-refractivity contribution in [3.8, 4) is 28.5 Å². The first-order valence-electron chi connectivity index (χ1n) is 16.7. The van der Waals surface area contributed by atoms with Gasteiger partial charge in [-0.25, -0.2) is 4.98 Å². The Labute approximate surface area is 321 Å². The highest BCUT2D eigenvalue weighted by Gasteiger charge is 2.24. The van der Waals surface area contributed by atoms with E-state index in [1.54, 1.807) is 67.8 Å². The number of thioether (sulfide) groups is 1. The predicted molar refractivity (Wildman–Crippen MR) is 214 cm³/mol. The van der Waals surface area contributed by atoms with Gasteiger partial charge in [0.25, 0.3) is 11.8 Å². The van der Waals surface area contributed by atoms with Gasteiger partial charge in [0, 0.05) is 32.7 Å². The standard InChI is InChI=1S/C42H36N4O6S2/c1-50-32-16-10-15-29(23-32)36-26-53-42(45-36)46-41(49)38(27-11-6-4-7-12-27)54-34-20-17-31(18-21-34)43-40(48)35(44-39(47)28-13-8-5-9-14-28)25-30-24-33(51-2)19-22-37(30)52-3/h4-26,38H,1-3H3,(H,43,48)(H,44,47)(H,45,46,49)/b35-25-. The second kappa shape index (κ2) is 17.9. The molecule has 0 bridgehead atoms. The zero-order valence-electron chi connectivity index (χ0n) is 29.6. The predicted octanol–water partition coefficient (Wildman–Crippen LogP) is 8.72. The fourth-order valence-corrected chi connectivity index (χ4v) is 7.07. The number of nitrogens with one attached hydrogen (secondary N) is 3. The zero-order valence-corrected chi connectivity index (χ0v) is 31.2. The quantitative estimate of drug-likeness (QED) is 0.0744. The number of carbonyl (C=O) groups is 3. The number of carbonyl (C=O) groups excluding carboxylic acids is 3. The number of ether oxygens (including phenoxy) is 3. The number of hydrogen-bond acceptors (Lipinski definition) is 9. The fraction of sp³-hybridized carbons (Fsp3) is 0.0952. The van der Waals surface area contributed by atoms with Gasteiger partial charge < -0.3 is 30.2 Å². The van der Waals surface area contributed by atoms with Crippen LogP contribution >= 0.6 is 23.1 Å². The average Bonchev–Trinajstić information content (AvgIpc) is 3.69. The second-order valence-electron chi connectivity index (χ2n) is 11.6. The van der Waals surface area contributed by atoms with Crippen LogP contribution in [0.4, 0.5) is 10.8 Å². The molecule has 6 aromatic rings. The van der Waals surface area contributed by atoms with Crippen molar-refractivity contribution in [1.29, 1.82) is 0 Å². The van der Waals surface area contributed by atoms with E-state index in [0.717, 1.165) is 27.5 Å². The number of methoxy groups -OCH3 is 3. The number of benzene rings is 5. The van der Waals surface area contributed by atoms with Crippen LogP contribution in [0, 0.1) is 0 Å². The lowest BCUT2D eigenvalue weighted by atomic mass is 10.1. The van der Waals surface area contributed by atoms with Gasteiger partial charge in [-0.2, -0.15) is 0 Å². The van der Waals surface area contributed by atoms with Gasteiger partial charge in [-0.05, 0) is 78.4 Å². The van der Waals surface area contributed by atoms with Crippen LogP contribution in [-0.4, -0.2) is 44.0 Å². The lowest BCUT2D eigenvalue weighted by Gasteiger charge is -2.17. The maximum Gasteiger partial charge on any atom is 0.272 e. The summed E-state index contributed by atoms with van der Waals surface area (Å²) in [6.07, 6.45) is 1.53. The van der Waals surface area contributed by atoms with Crippen LogP contribution in [0.25, 0.3) is 17.3 Å². The molecule has 6 rings (SSSR count). The van der Waals surface area contributed by atoms with Gasteiger partial charge in [-0.3, -0.25) is 14.4 Å². The van der Waals surface area contributed by atoms with E-state index in [0.29, 0.717) is 33.4 Å². The van der Waals surface area contributed by atoms with E-state index in [4.69, 9.17) is 14.2 Å². The molecule has 1 heterocycles. The van der Waals surface area contributed by atoms with E-state index < -0.39 is 17.1 Å².